The summed E-state index contributed by atoms with van der Waals surface area (Å²) in [5, 5.41) is 0. The minimum absolute atomic E-state index is 0. The Labute approximate surface area is 156 Å². The first-order chi connectivity index (χ1) is 10.2. The zero-order valence-corrected chi connectivity index (χ0v) is 17.2. The van der Waals surface area contributed by atoms with Crippen LogP contribution in [0.15, 0.2) is 4.99 Å². The number of amides is 1. The van der Waals surface area contributed by atoms with E-state index in [2.05, 4.69) is 4.99 Å². The van der Waals surface area contributed by atoms with E-state index in [0.717, 1.165) is 0 Å². The molecule has 0 atom stereocenters. The van der Waals surface area contributed by atoms with Gasteiger partial charge in [-0.3, -0.25) is 4.99 Å². The van der Waals surface area contributed by atoms with Gasteiger partial charge in [-0.2, -0.15) is 0 Å². The molecule has 0 radical (unpaired) electrons. The molecule has 23 heavy (non-hydrogen) atoms. The van der Waals surface area contributed by atoms with Gasteiger partial charge in [-0.1, -0.05) is 0 Å². The third-order valence-electron chi connectivity index (χ3n) is 3.32. The van der Waals surface area contributed by atoms with E-state index in [1.807, 2.05) is 32.7 Å². The highest BCUT2D eigenvalue weighted by molar-refractivity contribution is 14.0. The lowest BCUT2D eigenvalue weighted by Gasteiger charge is -2.27. The molecule has 0 bridgehead atoms. The number of methoxy groups -OCH3 is 1. The number of rotatable bonds is 7. The van der Waals surface area contributed by atoms with Crippen molar-refractivity contribution >= 4 is 36.0 Å². The van der Waals surface area contributed by atoms with E-state index in [4.69, 9.17) is 15.2 Å². The molecule has 1 aliphatic rings. The molecule has 1 saturated carbocycles. The maximum absolute atomic E-state index is 12.2. The molecule has 1 fully saturated rings. The Morgan fingerprint density at radius 2 is 1.91 bits per heavy atom. The summed E-state index contributed by atoms with van der Waals surface area (Å²) in [7, 11) is 3.56. The molecule has 2 N–H and O–H groups in total. The summed E-state index contributed by atoms with van der Waals surface area (Å²) in [6.45, 7) is 7.38. The quantitative estimate of drug-likeness (QED) is 0.370. The van der Waals surface area contributed by atoms with Gasteiger partial charge in [-0.05, 0) is 33.6 Å². The van der Waals surface area contributed by atoms with Gasteiger partial charge in [-0.15, -0.1) is 24.0 Å². The van der Waals surface area contributed by atoms with Crippen LogP contribution in [0, 0.1) is 0 Å². The number of ether oxygens (including phenoxy) is 2. The normalized spacial score (nSPS) is 14.9. The standard InChI is InChI=1S/C15H30N4O3.HI/c1-15(2,3)22-14(20)19(10-11-21-5)9-8-17-13(16)18(4)12-6-7-12;/h12H,6-11H2,1-5H3,(H2,16,17);1H. The molecule has 7 nitrogen and oxygen atoms in total. The number of hydrogen-bond acceptors (Lipinski definition) is 4. The number of nitrogens with two attached hydrogens (primary N) is 1. The lowest BCUT2D eigenvalue weighted by Crippen LogP contribution is -2.41. The third kappa shape index (κ3) is 9.19. The van der Waals surface area contributed by atoms with Crippen LogP contribution in [-0.2, 0) is 9.47 Å². The molecule has 0 unspecified atom stereocenters. The first-order valence-corrected chi connectivity index (χ1v) is 7.74. The third-order valence-corrected chi connectivity index (χ3v) is 3.32. The average Bonchev–Trinajstić information content (AvgIpc) is 3.23. The second kappa shape index (κ2) is 10.2. The van der Waals surface area contributed by atoms with Gasteiger partial charge >= 0.3 is 6.09 Å². The minimum atomic E-state index is -0.517. The first kappa shape index (κ1) is 22.2. The Kier molecular flexibility index (Phi) is 9.83. The largest absolute Gasteiger partial charge is 0.444 e. The summed E-state index contributed by atoms with van der Waals surface area (Å²) in [4.78, 5) is 20.1. The Morgan fingerprint density at radius 3 is 2.39 bits per heavy atom. The van der Waals surface area contributed by atoms with Crippen molar-refractivity contribution in [3.8, 4) is 0 Å². The molecule has 8 heteroatoms. The monoisotopic (exact) mass is 442 g/mol. The van der Waals surface area contributed by atoms with E-state index < -0.39 is 5.60 Å². The zero-order valence-electron chi connectivity index (χ0n) is 14.9. The predicted molar refractivity (Wildman–Crippen MR) is 102 cm³/mol. The summed E-state index contributed by atoms with van der Waals surface area (Å²) in [6, 6.07) is 0.527. The fraction of sp³-hybridized carbons (Fsp3) is 0.867. The molecule has 1 amide bonds. The van der Waals surface area contributed by atoms with E-state index in [0.29, 0.717) is 38.2 Å². The van der Waals surface area contributed by atoms with Crippen LogP contribution in [0.2, 0.25) is 0 Å². The van der Waals surface area contributed by atoms with Crippen molar-refractivity contribution in [2.75, 3.05) is 40.4 Å². The summed E-state index contributed by atoms with van der Waals surface area (Å²) < 4.78 is 10.4. The predicted octanol–water partition coefficient (Wildman–Crippen LogP) is 1.90. The van der Waals surface area contributed by atoms with Crippen molar-refractivity contribution in [3.63, 3.8) is 0 Å². The molecular weight excluding hydrogens is 411 g/mol. The molecule has 0 heterocycles. The highest BCUT2D eigenvalue weighted by Gasteiger charge is 2.27. The fourth-order valence-electron chi connectivity index (χ4n) is 1.87. The van der Waals surface area contributed by atoms with Crippen LogP contribution in [0.4, 0.5) is 4.79 Å². The van der Waals surface area contributed by atoms with Gasteiger partial charge < -0.3 is 25.0 Å². The SMILES string of the molecule is COCCN(CCN=C(N)N(C)C1CC1)C(=O)OC(C)(C)C.I. The van der Waals surface area contributed by atoms with Crippen LogP contribution in [0.3, 0.4) is 0 Å². The highest BCUT2D eigenvalue weighted by atomic mass is 127. The van der Waals surface area contributed by atoms with E-state index in [9.17, 15) is 4.79 Å². The number of carbonyl (C=O) groups excluding carboxylic acids is 1. The molecule has 0 aliphatic heterocycles. The van der Waals surface area contributed by atoms with Crippen molar-refractivity contribution in [3.05, 3.63) is 0 Å². The fourth-order valence-corrected chi connectivity index (χ4v) is 1.87. The second-order valence-electron chi connectivity index (χ2n) is 6.54. The number of hydrogen-bond donors (Lipinski definition) is 1. The van der Waals surface area contributed by atoms with Crippen LogP contribution >= 0.6 is 24.0 Å². The van der Waals surface area contributed by atoms with Gasteiger partial charge in [0.15, 0.2) is 5.96 Å². The smallest absolute Gasteiger partial charge is 0.410 e. The Bertz CT molecular complexity index is 395. The first-order valence-electron chi connectivity index (χ1n) is 7.74. The second-order valence-corrected chi connectivity index (χ2v) is 6.54. The molecule has 0 aromatic rings. The summed E-state index contributed by atoms with van der Waals surface area (Å²) in [5.41, 5.74) is 5.42. The van der Waals surface area contributed by atoms with Crippen molar-refractivity contribution < 1.29 is 14.3 Å². The van der Waals surface area contributed by atoms with Crippen LogP contribution < -0.4 is 5.73 Å². The van der Waals surface area contributed by atoms with Gasteiger partial charge in [0.25, 0.3) is 0 Å². The van der Waals surface area contributed by atoms with E-state index in [1.165, 1.54) is 12.8 Å². The molecule has 1 aliphatic carbocycles. The summed E-state index contributed by atoms with van der Waals surface area (Å²) in [5.74, 6) is 0.526. The lowest BCUT2D eigenvalue weighted by atomic mass is 10.2. The number of guanidine groups is 1. The number of carbonyl (C=O) groups is 1. The maximum atomic E-state index is 12.2. The molecular formula is C15H31IN4O3. The van der Waals surface area contributed by atoms with Gasteiger partial charge in [0.1, 0.15) is 5.60 Å². The number of halogens is 1. The Hall–Kier alpha value is -0.770. The van der Waals surface area contributed by atoms with Crippen molar-refractivity contribution in [2.24, 2.45) is 10.7 Å². The van der Waals surface area contributed by atoms with Gasteiger partial charge in [-0.25, -0.2) is 4.79 Å². The minimum Gasteiger partial charge on any atom is -0.444 e. The van der Waals surface area contributed by atoms with Gasteiger partial charge in [0, 0.05) is 33.3 Å². The topological polar surface area (TPSA) is 80.4 Å². The molecule has 0 spiro atoms. The summed E-state index contributed by atoms with van der Waals surface area (Å²) in [6.07, 6.45) is 1.99. The summed E-state index contributed by atoms with van der Waals surface area (Å²) >= 11 is 0. The number of nitrogens with zero attached hydrogens (tertiary/aromatic N) is 3. The van der Waals surface area contributed by atoms with E-state index in [-0.39, 0.29) is 30.1 Å². The van der Waals surface area contributed by atoms with Crippen molar-refractivity contribution in [2.45, 2.75) is 45.3 Å². The van der Waals surface area contributed by atoms with Crippen LogP contribution in [0.25, 0.3) is 0 Å². The highest BCUT2D eigenvalue weighted by Crippen LogP contribution is 2.24. The van der Waals surface area contributed by atoms with Gasteiger partial charge in [0.05, 0.1) is 13.2 Å². The molecule has 1 rings (SSSR count). The van der Waals surface area contributed by atoms with E-state index >= 15 is 0 Å². The zero-order chi connectivity index (χ0) is 16.8. The molecule has 0 aromatic carbocycles. The number of aliphatic imine (C=N–C) groups is 1. The molecule has 0 saturated heterocycles. The van der Waals surface area contributed by atoms with E-state index in [1.54, 1.807) is 12.0 Å². The average molecular weight is 442 g/mol. The Balaban J connectivity index is 0.00000484. The van der Waals surface area contributed by atoms with Crippen LogP contribution in [0.5, 0.6) is 0 Å². The lowest BCUT2D eigenvalue weighted by molar-refractivity contribution is 0.0208. The van der Waals surface area contributed by atoms with Gasteiger partial charge in [0.2, 0.25) is 0 Å². The van der Waals surface area contributed by atoms with Crippen molar-refractivity contribution in [1.82, 2.24) is 9.80 Å². The Morgan fingerprint density at radius 1 is 1.30 bits per heavy atom. The molecule has 136 valence electrons. The maximum Gasteiger partial charge on any atom is 0.410 e. The van der Waals surface area contributed by atoms with Crippen LogP contribution in [0.1, 0.15) is 33.6 Å². The molecule has 0 aromatic heterocycles. The van der Waals surface area contributed by atoms with Crippen LogP contribution in [-0.4, -0.2) is 73.9 Å². The van der Waals surface area contributed by atoms with Crippen molar-refractivity contribution in [1.29, 1.82) is 0 Å².